The molecule has 1 saturated heterocycles. The molecule has 1 atom stereocenters. The third-order valence-corrected chi connectivity index (χ3v) is 4.55. The molecule has 0 spiro atoms. The van der Waals surface area contributed by atoms with Crippen molar-refractivity contribution >= 4 is 17.7 Å². The molecule has 2 rings (SSSR count). The zero-order chi connectivity index (χ0) is 13.5. The van der Waals surface area contributed by atoms with Crippen LogP contribution in [0.1, 0.15) is 18.4 Å². The fourth-order valence-corrected chi connectivity index (χ4v) is 3.40. The lowest BCUT2D eigenvalue weighted by Crippen LogP contribution is -2.34. The van der Waals surface area contributed by atoms with Crippen LogP contribution in [0, 0.1) is 0 Å². The summed E-state index contributed by atoms with van der Waals surface area (Å²) >= 11 is 1.99. The second-order valence-corrected chi connectivity index (χ2v) is 6.15. The molecule has 1 amide bonds. The van der Waals surface area contributed by atoms with E-state index < -0.39 is 0 Å². The third-order valence-electron chi connectivity index (χ3n) is 3.39. The lowest BCUT2D eigenvalue weighted by atomic mass is 10.2. The van der Waals surface area contributed by atoms with Crippen molar-refractivity contribution in [3.8, 4) is 0 Å². The van der Waals surface area contributed by atoms with Crippen molar-refractivity contribution in [2.24, 2.45) is 0 Å². The van der Waals surface area contributed by atoms with E-state index >= 15 is 0 Å². The van der Waals surface area contributed by atoms with Gasteiger partial charge in [0, 0.05) is 38.4 Å². The predicted molar refractivity (Wildman–Crippen MR) is 81.3 cm³/mol. The van der Waals surface area contributed by atoms with E-state index in [0.29, 0.717) is 19.0 Å². The second kappa shape index (κ2) is 7.56. The van der Waals surface area contributed by atoms with Crippen LogP contribution in [0.2, 0.25) is 0 Å². The third kappa shape index (κ3) is 4.88. The molecule has 104 valence electrons. The summed E-state index contributed by atoms with van der Waals surface area (Å²) in [5, 5.41) is 3.46. The van der Waals surface area contributed by atoms with Gasteiger partial charge in [-0.3, -0.25) is 4.79 Å². The number of hydrogen-bond donors (Lipinski definition) is 1. The number of rotatable bonds is 6. The molecule has 3 nitrogen and oxygen atoms in total. The van der Waals surface area contributed by atoms with Crippen LogP contribution in [0.3, 0.4) is 0 Å². The Hall–Kier alpha value is -1.00. The Morgan fingerprint density at radius 3 is 2.89 bits per heavy atom. The molecular formula is C15H22N2OS. The molecule has 0 aromatic heterocycles. The topological polar surface area (TPSA) is 32.3 Å². The molecule has 1 aromatic rings. The van der Waals surface area contributed by atoms with Crippen molar-refractivity contribution in [1.82, 2.24) is 10.2 Å². The van der Waals surface area contributed by atoms with Crippen molar-refractivity contribution in [1.29, 1.82) is 0 Å². The molecular weight excluding hydrogens is 256 g/mol. The number of carbonyl (C=O) groups is 1. The fraction of sp³-hybridized carbons (Fsp3) is 0.533. The maximum Gasteiger partial charge on any atom is 0.223 e. The van der Waals surface area contributed by atoms with E-state index in [1.807, 2.05) is 37.0 Å². The van der Waals surface area contributed by atoms with E-state index in [2.05, 4.69) is 17.4 Å². The number of thioether (sulfide) groups is 1. The van der Waals surface area contributed by atoms with Crippen molar-refractivity contribution in [3.63, 3.8) is 0 Å². The van der Waals surface area contributed by atoms with E-state index in [4.69, 9.17) is 0 Å². The fourth-order valence-electron chi connectivity index (χ4n) is 2.22. The molecule has 1 unspecified atom stereocenters. The second-order valence-electron chi connectivity index (χ2n) is 5.00. The zero-order valence-electron chi connectivity index (χ0n) is 11.5. The highest BCUT2D eigenvalue weighted by atomic mass is 32.2. The van der Waals surface area contributed by atoms with Crippen molar-refractivity contribution in [3.05, 3.63) is 35.9 Å². The average molecular weight is 278 g/mol. The monoisotopic (exact) mass is 278 g/mol. The number of hydrogen-bond acceptors (Lipinski definition) is 3. The summed E-state index contributed by atoms with van der Waals surface area (Å²) in [4.78, 5) is 13.8. The van der Waals surface area contributed by atoms with Gasteiger partial charge in [-0.15, -0.1) is 0 Å². The lowest BCUT2D eigenvalue weighted by Gasteiger charge is -2.18. The van der Waals surface area contributed by atoms with Gasteiger partial charge in [0.15, 0.2) is 0 Å². The lowest BCUT2D eigenvalue weighted by molar-refractivity contribution is -0.130. The van der Waals surface area contributed by atoms with E-state index in [1.54, 1.807) is 4.90 Å². The van der Waals surface area contributed by atoms with Crippen LogP contribution < -0.4 is 5.32 Å². The minimum absolute atomic E-state index is 0.210. The Morgan fingerprint density at radius 1 is 1.42 bits per heavy atom. The van der Waals surface area contributed by atoms with Crippen LogP contribution in [-0.2, 0) is 11.3 Å². The van der Waals surface area contributed by atoms with Crippen molar-refractivity contribution in [2.75, 3.05) is 25.1 Å². The first kappa shape index (κ1) is 14.4. The summed E-state index contributed by atoms with van der Waals surface area (Å²) in [6, 6.07) is 10.7. The number of carbonyl (C=O) groups excluding carboxylic acids is 1. The summed E-state index contributed by atoms with van der Waals surface area (Å²) < 4.78 is 0. The Balaban J connectivity index is 1.67. The number of benzene rings is 1. The van der Waals surface area contributed by atoms with Crippen LogP contribution >= 0.6 is 11.8 Å². The molecule has 19 heavy (non-hydrogen) atoms. The van der Waals surface area contributed by atoms with E-state index in [9.17, 15) is 4.79 Å². The molecule has 1 heterocycles. The van der Waals surface area contributed by atoms with Gasteiger partial charge >= 0.3 is 0 Å². The Kier molecular flexibility index (Phi) is 5.73. The molecule has 1 aliphatic rings. The van der Waals surface area contributed by atoms with Crippen molar-refractivity contribution < 1.29 is 4.79 Å². The summed E-state index contributed by atoms with van der Waals surface area (Å²) in [7, 11) is 1.88. The highest BCUT2D eigenvalue weighted by Crippen LogP contribution is 2.16. The number of nitrogens with one attached hydrogen (secondary N) is 1. The Morgan fingerprint density at radius 2 is 2.21 bits per heavy atom. The number of nitrogens with zero attached hydrogens (tertiary/aromatic N) is 1. The molecule has 0 saturated carbocycles. The minimum Gasteiger partial charge on any atom is -0.341 e. The maximum atomic E-state index is 12.0. The predicted octanol–water partition coefficient (Wildman–Crippen LogP) is 2.13. The van der Waals surface area contributed by atoms with Crippen LogP contribution in [0.25, 0.3) is 0 Å². The van der Waals surface area contributed by atoms with Gasteiger partial charge in [0.25, 0.3) is 0 Å². The van der Waals surface area contributed by atoms with Crippen LogP contribution in [0.5, 0.6) is 0 Å². The first-order chi connectivity index (χ1) is 9.25. The van der Waals surface area contributed by atoms with Gasteiger partial charge in [-0.1, -0.05) is 30.3 Å². The molecule has 0 aliphatic carbocycles. The van der Waals surface area contributed by atoms with Crippen LogP contribution in [-0.4, -0.2) is 41.9 Å². The van der Waals surface area contributed by atoms with Gasteiger partial charge in [-0.25, -0.2) is 0 Å². The van der Waals surface area contributed by atoms with Gasteiger partial charge in [-0.2, -0.15) is 11.8 Å². The summed E-state index contributed by atoms with van der Waals surface area (Å²) in [5.41, 5.74) is 1.18. The first-order valence-corrected chi connectivity index (χ1v) is 8.00. The van der Waals surface area contributed by atoms with E-state index in [0.717, 1.165) is 6.54 Å². The molecule has 4 heteroatoms. The van der Waals surface area contributed by atoms with Crippen LogP contribution in [0.15, 0.2) is 30.3 Å². The molecule has 1 N–H and O–H groups in total. The minimum atomic E-state index is 0.210. The number of amides is 1. The van der Waals surface area contributed by atoms with Crippen LogP contribution in [0.4, 0.5) is 0 Å². The Labute approximate surface area is 119 Å². The molecule has 0 bridgehead atoms. The average Bonchev–Trinajstić information content (AvgIpc) is 2.93. The molecule has 1 fully saturated rings. The van der Waals surface area contributed by atoms with Gasteiger partial charge < -0.3 is 10.2 Å². The largest absolute Gasteiger partial charge is 0.341 e. The highest BCUT2D eigenvalue weighted by Gasteiger charge is 2.15. The van der Waals surface area contributed by atoms with Gasteiger partial charge in [0.2, 0.25) is 5.91 Å². The van der Waals surface area contributed by atoms with Gasteiger partial charge in [0.05, 0.1) is 0 Å². The van der Waals surface area contributed by atoms with Gasteiger partial charge in [-0.05, 0) is 17.7 Å². The smallest absolute Gasteiger partial charge is 0.223 e. The first-order valence-electron chi connectivity index (χ1n) is 6.85. The highest BCUT2D eigenvalue weighted by molar-refractivity contribution is 7.99. The summed E-state index contributed by atoms with van der Waals surface area (Å²) in [5.74, 6) is 2.65. The molecule has 0 radical (unpaired) electrons. The summed E-state index contributed by atoms with van der Waals surface area (Å²) in [6.07, 6.45) is 1.82. The molecule has 1 aromatic carbocycles. The quantitative estimate of drug-likeness (QED) is 0.865. The normalized spacial score (nSPS) is 18.5. The zero-order valence-corrected chi connectivity index (χ0v) is 12.3. The van der Waals surface area contributed by atoms with Gasteiger partial charge in [0.1, 0.15) is 0 Å². The van der Waals surface area contributed by atoms with E-state index in [1.165, 1.54) is 23.5 Å². The summed E-state index contributed by atoms with van der Waals surface area (Å²) in [6.45, 7) is 1.49. The molecule has 1 aliphatic heterocycles. The SMILES string of the molecule is CN(Cc1ccccc1)C(=O)CCNC1CCSC1. The standard InChI is InChI=1S/C15H22N2OS/c1-17(11-13-5-3-2-4-6-13)15(18)7-9-16-14-8-10-19-12-14/h2-6,14,16H,7-12H2,1H3. The Bertz CT molecular complexity index is 390. The van der Waals surface area contributed by atoms with E-state index in [-0.39, 0.29) is 5.91 Å². The maximum absolute atomic E-state index is 12.0. The van der Waals surface area contributed by atoms with Crippen molar-refractivity contribution in [2.45, 2.75) is 25.4 Å².